The Morgan fingerprint density at radius 3 is 2.77 bits per heavy atom. The smallest absolute Gasteiger partial charge is 0.223 e. The standard InChI is InChI=1S/C19H29N3O4/c1-14-12-22(13-19(26-14)8-10-24-11-9-19)17(23)7-6-16-20-21-18(25-16)15-4-2-3-5-15/h14-15H,2-13H2,1H3. The molecule has 0 bridgehead atoms. The molecule has 2 saturated heterocycles. The third kappa shape index (κ3) is 3.93. The minimum absolute atomic E-state index is 0.0585. The first-order valence-electron chi connectivity index (χ1n) is 9.99. The zero-order valence-corrected chi connectivity index (χ0v) is 15.6. The van der Waals surface area contributed by atoms with Crippen LogP contribution in [-0.4, -0.2) is 59.0 Å². The molecule has 1 amide bonds. The normalized spacial score (nSPS) is 26.5. The maximum atomic E-state index is 12.8. The number of ether oxygens (including phenoxy) is 2. The molecule has 0 radical (unpaired) electrons. The molecule has 1 saturated carbocycles. The fraction of sp³-hybridized carbons (Fsp3) is 0.842. The van der Waals surface area contributed by atoms with E-state index in [0.29, 0.717) is 51.0 Å². The average Bonchev–Trinajstić information content (AvgIpc) is 3.31. The molecule has 2 aliphatic heterocycles. The summed E-state index contributed by atoms with van der Waals surface area (Å²) in [7, 11) is 0. The number of morpholine rings is 1. The second kappa shape index (κ2) is 7.64. The second-order valence-electron chi connectivity index (χ2n) is 8.01. The predicted octanol–water partition coefficient (Wildman–Crippen LogP) is 2.46. The molecule has 1 spiro atoms. The van der Waals surface area contributed by atoms with Gasteiger partial charge in [-0.25, -0.2) is 0 Å². The number of nitrogens with zero attached hydrogens (tertiary/aromatic N) is 3. The van der Waals surface area contributed by atoms with Crippen molar-refractivity contribution in [3.8, 4) is 0 Å². The van der Waals surface area contributed by atoms with Crippen molar-refractivity contribution in [1.29, 1.82) is 0 Å². The van der Waals surface area contributed by atoms with E-state index in [1.807, 2.05) is 11.8 Å². The van der Waals surface area contributed by atoms with Crippen molar-refractivity contribution in [1.82, 2.24) is 15.1 Å². The number of aromatic nitrogens is 2. The van der Waals surface area contributed by atoms with Crippen LogP contribution >= 0.6 is 0 Å². The van der Waals surface area contributed by atoms with Gasteiger partial charge in [-0.3, -0.25) is 4.79 Å². The Morgan fingerprint density at radius 2 is 2.00 bits per heavy atom. The van der Waals surface area contributed by atoms with Gasteiger partial charge in [-0.2, -0.15) is 0 Å². The van der Waals surface area contributed by atoms with Crippen molar-refractivity contribution in [2.45, 2.75) is 75.9 Å². The average molecular weight is 363 g/mol. The van der Waals surface area contributed by atoms with Crippen LogP contribution in [0.15, 0.2) is 4.42 Å². The highest BCUT2D eigenvalue weighted by molar-refractivity contribution is 5.76. The predicted molar refractivity (Wildman–Crippen MR) is 93.7 cm³/mol. The maximum Gasteiger partial charge on any atom is 0.223 e. The molecule has 7 heteroatoms. The summed E-state index contributed by atoms with van der Waals surface area (Å²) in [5.74, 6) is 1.90. The van der Waals surface area contributed by atoms with Gasteiger partial charge < -0.3 is 18.8 Å². The number of aryl methyl sites for hydroxylation is 1. The number of rotatable bonds is 4. The minimum atomic E-state index is -0.230. The molecular weight excluding hydrogens is 334 g/mol. The molecule has 144 valence electrons. The lowest BCUT2D eigenvalue weighted by Gasteiger charge is -2.47. The van der Waals surface area contributed by atoms with Crippen molar-refractivity contribution in [3.05, 3.63) is 11.8 Å². The molecule has 1 unspecified atom stereocenters. The summed E-state index contributed by atoms with van der Waals surface area (Å²) in [6.45, 7) is 4.78. The van der Waals surface area contributed by atoms with Gasteiger partial charge in [-0.15, -0.1) is 10.2 Å². The van der Waals surface area contributed by atoms with Gasteiger partial charge in [0.25, 0.3) is 0 Å². The molecule has 3 heterocycles. The number of hydrogen-bond acceptors (Lipinski definition) is 6. The molecule has 7 nitrogen and oxygen atoms in total. The Labute approximate surface area is 154 Å². The van der Waals surface area contributed by atoms with Gasteiger partial charge >= 0.3 is 0 Å². The number of carbonyl (C=O) groups excluding carboxylic acids is 1. The Kier molecular flexibility index (Phi) is 5.27. The molecule has 3 fully saturated rings. The zero-order chi connectivity index (χ0) is 18.0. The first-order chi connectivity index (χ1) is 12.6. The first-order valence-corrected chi connectivity index (χ1v) is 9.99. The van der Waals surface area contributed by atoms with E-state index < -0.39 is 0 Å². The summed E-state index contributed by atoms with van der Waals surface area (Å²) < 4.78 is 17.5. The second-order valence-corrected chi connectivity index (χ2v) is 8.01. The molecule has 3 aliphatic rings. The van der Waals surface area contributed by atoms with Crippen LogP contribution in [0.1, 0.15) is 69.6 Å². The van der Waals surface area contributed by atoms with Crippen LogP contribution in [-0.2, 0) is 20.7 Å². The van der Waals surface area contributed by atoms with Crippen LogP contribution in [0.2, 0.25) is 0 Å². The Hall–Kier alpha value is -1.47. The quantitative estimate of drug-likeness (QED) is 0.818. The number of carbonyl (C=O) groups is 1. The zero-order valence-electron chi connectivity index (χ0n) is 15.6. The topological polar surface area (TPSA) is 77.7 Å². The Bertz CT molecular complexity index is 620. The van der Waals surface area contributed by atoms with E-state index in [0.717, 1.165) is 31.6 Å². The lowest BCUT2D eigenvalue weighted by atomic mass is 9.91. The minimum Gasteiger partial charge on any atom is -0.425 e. The van der Waals surface area contributed by atoms with Crippen molar-refractivity contribution < 1.29 is 18.7 Å². The molecular formula is C19H29N3O4. The molecule has 0 N–H and O–H groups in total. The van der Waals surface area contributed by atoms with Crippen LogP contribution in [0, 0.1) is 0 Å². The van der Waals surface area contributed by atoms with Crippen LogP contribution < -0.4 is 0 Å². The van der Waals surface area contributed by atoms with E-state index >= 15 is 0 Å². The van der Waals surface area contributed by atoms with Crippen LogP contribution in [0.5, 0.6) is 0 Å². The highest BCUT2D eigenvalue weighted by Crippen LogP contribution is 2.34. The van der Waals surface area contributed by atoms with Crippen molar-refractivity contribution in [3.63, 3.8) is 0 Å². The van der Waals surface area contributed by atoms with Crippen LogP contribution in [0.25, 0.3) is 0 Å². The van der Waals surface area contributed by atoms with Gasteiger partial charge in [0, 0.05) is 57.9 Å². The Balaban J connectivity index is 1.32. The molecule has 1 aromatic heterocycles. The van der Waals surface area contributed by atoms with E-state index in [4.69, 9.17) is 13.9 Å². The monoisotopic (exact) mass is 363 g/mol. The Morgan fingerprint density at radius 1 is 1.23 bits per heavy atom. The number of hydrogen-bond donors (Lipinski definition) is 0. The summed E-state index contributed by atoms with van der Waals surface area (Å²) >= 11 is 0. The van der Waals surface area contributed by atoms with Gasteiger partial charge in [-0.1, -0.05) is 12.8 Å². The van der Waals surface area contributed by atoms with E-state index in [9.17, 15) is 4.79 Å². The van der Waals surface area contributed by atoms with Gasteiger partial charge in [0.15, 0.2) is 0 Å². The van der Waals surface area contributed by atoms with E-state index in [1.165, 1.54) is 12.8 Å². The third-order valence-electron chi connectivity index (χ3n) is 5.90. The van der Waals surface area contributed by atoms with E-state index in [2.05, 4.69) is 10.2 Å². The van der Waals surface area contributed by atoms with Crippen LogP contribution in [0.3, 0.4) is 0 Å². The lowest BCUT2D eigenvalue weighted by molar-refractivity contribution is -0.189. The summed E-state index contributed by atoms with van der Waals surface area (Å²) in [5.41, 5.74) is -0.230. The molecule has 1 atom stereocenters. The summed E-state index contributed by atoms with van der Waals surface area (Å²) in [6, 6.07) is 0. The SMILES string of the molecule is CC1CN(C(=O)CCc2nnc(C3CCCC3)o2)CC2(CCOCC2)O1. The molecule has 0 aromatic carbocycles. The van der Waals surface area contributed by atoms with Gasteiger partial charge in [0.2, 0.25) is 17.7 Å². The number of amides is 1. The summed E-state index contributed by atoms with van der Waals surface area (Å²) in [4.78, 5) is 14.7. The van der Waals surface area contributed by atoms with Crippen molar-refractivity contribution in [2.24, 2.45) is 0 Å². The molecule has 1 aliphatic carbocycles. The summed E-state index contributed by atoms with van der Waals surface area (Å²) in [5, 5.41) is 8.34. The van der Waals surface area contributed by atoms with Crippen molar-refractivity contribution >= 4 is 5.91 Å². The van der Waals surface area contributed by atoms with Gasteiger partial charge in [-0.05, 0) is 19.8 Å². The highest BCUT2D eigenvalue weighted by atomic mass is 16.5. The third-order valence-corrected chi connectivity index (χ3v) is 5.90. The van der Waals surface area contributed by atoms with Gasteiger partial charge in [0.05, 0.1) is 11.7 Å². The maximum absolute atomic E-state index is 12.8. The van der Waals surface area contributed by atoms with E-state index in [1.54, 1.807) is 0 Å². The fourth-order valence-electron chi connectivity index (χ4n) is 4.51. The highest BCUT2D eigenvalue weighted by Gasteiger charge is 2.42. The molecule has 26 heavy (non-hydrogen) atoms. The van der Waals surface area contributed by atoms with Crippen LogP contribution in [0.4, 0.5) is 0 Å². The largest absolute Gasteiger partial charge is 0.425 e. The fourth-order valence-corrected chi connectivity index (χ4v) is 4.51. The lowest BCUT2D eigenvalue weighted by Crippen LogP contribution is -2.58. The first kappa shape index (κ1) is 17.9. The molecule has 4 rings (SSSR count). The molecule has 1 aromatic rings. The summed E-state index contributed by atoms with van der Waals surface area (Å²) in [6.07, 6.45) is 7.45. The van der Waals surface area contributed by atoms with Gasteiger partial charge in [0.1, 0.15) is 0 Å². The van der Waals surface area contributed by atoms with E-state index in [-0.39, 0.29) is 17.6 Å². The van der Waals surface area contributed by atoms with Crippen molar-refractivity contribution in [2.75, 3.05) is 26.3 Å².